The van der Waals surface area contributed by atoms with Gasteiger partial charge < -0.3 is 10.6 Å². The lowest BCUT2D eigenvalue weighted by atomic mass is 10.3. The van der Waals surface area contributed by atoms with Crippen molar-refractivity contribution in [2.45, 2.75) is 6.54 Å². The average Bonchev–Trinajstić information content (AvgIpc) is 2.49. The second-order valence-electron chi connectivity index (χ2n) is 4.12. The van der Waals surface area contributed by atoms with E-state index in [2.05, 4.69) is 15.6 Å². The van der Waals surface area contributed by atoms with Crippen molar-refractivity contribution in [1.29, 1.82) is 0 Å². The Kier molecular flexibility index (Phi) is 5.14. The van der Waals surface area contributed by atoms with Gasteiger partial charge in [-0.3, -0.25) is 14.6 Å². The molecule has 2 aromatic rings. The monoisotopic (exact) mass is 323 g/mol. The molecule has 2 amide bonds. The van der Waals surface area contributed by atoms with Crippen LogP contribution < -0.4 is 10.6 Å². The summed E-state index contributed by atoms with van der Waals surface area (Å²) in [4.78, 5) is 27.4. The maximum atomic E-state index is 11.8. The van der Waals surface area contributed by atoms with E-state index in [0.29, 0.717) is 10.0 Å². The number of hydrogen-bond acceptors (Lipinski definition) is 3. The second-order valence-corrected chi connectivity index (χ2v) is 4.97. The van der Waals surface area contributed by atoms with Crippen molar-refractivity contribution >= 4 is 40.7 Å². The molecule has 21 heavy (non-hydrogen) atoms. The zero-order valence-corrected chi connectivity index (χ0v) is 12.3. The highest BCUT2D eigenvalue weighted by molar-refractivity contribution is 6.42. The summed E-state index contributed by atoms with van der Waals surface area (Å²) < 4.78 is 0. The van der Waals surface area contributed by atoms with Gasteiger partial charge in [-0.05, 0) is 29.8 Å². The Hall–Kier alpha value is -2.11. The molecule has 0 atom stereocenters. The number of anilines is 1. The topological polar surface area (TPSA) is 71.1 Å². The first kappa shape index (κ1) is 15.3. The molecule has 1 heterocycles. The first-order chi connectivity index (χ1) is 10.1. The molecule has 0 spiro atoms. The summed E-state index contributed by atoms with van der Waals surface area (Å²) in [5.41, 5.74) is 1.07. The maximum Gasteiger partial charge on any atom is 0.313 e. The van der Waals surface area contributed by atoms with Crippen molar-refractivity contribution in [1.82, 2.24) is 10.3 Å². The highest BCUT2D eigenvalue weighted by Crippen LogP contribution is 2.25. The van der Waals surface area contributed by atoms with Gasteiger partial charge in [0.1, 0.15) is 0 Å². The van der Waals surface area contributed by atoms with Crippen molar-refractivity contribution < 1.29 is 9.59 Å². The summed E-state index contributed by atoms with van der Waals surface area (Å²) in [6.45, 7) is 0.212. The van der Waals surface area contributed by atoms with Crippen LogP contribution in [-0.4, -0.2) is 16.8 Å². The lowest BCUT2D eigenvalue weighted by molar-refractivity contribution is -0.136. The molecule has 5 nitrogen and oxygen atoms in total. The number of carbonyl (C=O) groups excluding carboxylic acids is 2. The van der Waals surface area contributed by atoms with E-state index < -0.39 is 11.8 Å². The van der Waals surface area contributed by atoms with E-state index in [1.165, 1.54) is 12.1 Å². The van der Waals surface area contributed by atoms with Crippen molar-refractivity contribution in [2.24, 2.45) is 0 Å². The van der Waals surface area contributed by atoms with E-state index in [9.17, 15) is 9.59 Å². The Balaban J connectivity index is 1.94. The largest absolute Gasteiger partial charge is 0.344 e. The Labute approximate surface area is 131 Å². The number of halogens is 2. The minimum absolute atomic E-state index is 0.212. The van der Waals surface area contributed by atoms with Crippen LogP contribution in [0, 0.1) is 0 Å². The fourth-order valence-electron chi connectivity index (χ4n) is 1.54. The molecule has 7 heteroatoms. The molecule has 108 valence electrons. The van der Waals surface area contributed by atoms with Crippen LogP contribution in [0.3, 0.4) is 0 Å². The molecule has 2 rings (SSSR count). The minimum atomic E-state index is -0.817. The fourth-order valence-corrected chi connectivity index (χ4v) is 1.87. The number of aromatic nitrogens is 1. The predicted octanol–water partition coefficient (Wildman–Crippen LogP) is 2.64. The van der Waals surface area contributed by atoms with Gasteiger partial charge in [-0.2, -0.15) is 0 Å². The number of amides is 2. The zero-order valence-electron chi connectivity index (χ0n) is 10.8. The summed E-state index contributed by atoms with van der Waals surface area (Å²) >= 11 is 11.7. The highest BCUT2D eigenvalue weighted by Gasteiger charge is 2.15. The molecule has 2 N–H and O–H groups in total. The molecule has 1 aromatic heterocycles. The molecular weight excluding hydrogens is 313 g/mol. The van der Waals surface area contributed by atoms with E-state index in [1.807, 2.05) is 0 Å². The van der Waals surface area contributed by atoms with Gasteiger partial charge in [0.05, 0.1) is 10.7 Å². The van der Waals surface area contributed by atoms with Crippen LogP contribution in [0.25, 0.3) is 0 Å². The fraction of sp³-hybridized carbons (Fsp3) is 0.0714. The van der Waals surface area contributed by atoms with Crippen LogP contribution in [0.15, 0.2) is 42.7 Å². The van der Waals surface area contributed by atoms with Gasteiger partial charge in [0, 0.05) is 24.0 Å². The van der Waals surface area contributed by atoms with Crippen molar-refractivity contribution in [3.05, 3.63) is 58.3 Å². The average molecular weight is 324 g/mol. The molecule has 0 aliphatic heterocycles. The van der Waals surface area contributed by atoms with Gasteiger partial charge in [0.15, 0.2) is 0 Å². The van der Waals surface area contributed by atoms with Crippen LogP contribution in [0.1, 0.15) is 5.56 Å². The van der Waals surface area contributed by atoms with Crippen LogP contribution >= 0.6 is 23.2 Å². The lowest BCUT2D eigenvalue weighted by Crippen LogP contribution is -2.35. The summed E-state index contributed by atoms with van der Waals surface area (Å²) in [6.07, 6.45) is 3.23. The van der Waals surface area contributed by atoms with Crippen molar-refractivity contribution in [3.63, 3.8) is 0 Å². The summed E-state index contributed by atoms with van der Waals surface area (Å²) in [7, 11) is 0. The number of hydrogen-bond donors (Lipinski definition) is 2. The number of nitrogens with one attached hydrogen (secondary N) is 2. The highest BCUT2D eigenvalue weighted by atomic mass is 35.5. The van der Waals surface area contributed by atoms with Gasteiger partial charge in [-0.15, -0.1) is 0 Å². The second kappa shape index (κ2) is 7.06. The normalized spacial score (nSPS) is 10.0. The van der Waals surface area contributed by atoms with Crippen molar-refractivity contribution in [2.75, 3.05) is 5.32 Å². The van der Waals surface area contributed by atoms with E-state index >= 15 is 0 Å². The smallest absolute Gasteiger partial charge is 0.313 e. The van der Waals surface area contributed by atoms with Gasteiger partial charge in [-0.1, -0.05) is 29.3 Å². The molecule has 0 radical (unpaired) electrons. The third kappa shape index (κ3) is 4.44. The van der Waals surface area contributed by atoms with Gasteiger partial charge in [0.25, 0.3) is 0 Å². The molecule has 0 saturated carbocycles. The maximum absolute atomic E-state index is 11.8. The van der Waals surface area contributed by atoms with Gasteiger partial charge >= 0.3 is 11.8 Å². The quantitative estimate of drug-likeness (QED) is 0.853. The molecule has 0 unspecified atom stereocenters. The zero-order chi connectivity index (χ0) is 15.2. The van der Waals surface area contributed by atoms with Crippen LogP contribution in [0.5, 0.6) is 0 Å². The van der Waals surface area contributed by atoms with E-state index in [1.54, 1.807) is 30.6 Å². The van der Waals surface area contributed by atoms with E-state index in [4.69, 9.17) is 23.2 Å². The Morgan fingerprint density at radius 3 is 2.67 bits per heavy atom. The minimum Gasteiger partial charge on any atom is -0.344 e. The SMILES string of the molecule is O=C(NCc1cccnc1)C(=O)Nc1cc(Cl)ccc1Cl. The number of rotatable bonds is 3. The predicted molar refractivity (Wildman–Crippen MR) is 81.2 cm³/mol. The molecule has 0 aliphatic rings. The van der Waals surface area contributed by atoms with Crippen LogP contribution in [-0.2, 0) is 16.1 Å². The Morgan fingerprint density at radius 2 is 1.95 bits per heavy atom. The molecule has 0 saturated heterocycles. The van der Waals surface area contributed by atoms with Crippen LogP contribution in [0.2, 0.25) is 10.0 Å². The summed E-state index contributed by atoms with van der Waals surface area (Å²) in [5.74, 6) is -1.59. The molecule has 1 aromatic carbocycles. The van der Waals surface area contributed by atoms with Gasteiger partial charge in [-0.25, -0.2) is 0 Å². The third-order valence-corrected chi connectivity index (χ3v) is 3.12. The number of pyridine rings is 1. The number of benzene rings is 1. The van der Waals surface area contributed by atoms with E-state index in [-0.39, 0.29) is 12.2 Å². The number of nitrogens with zero attached hydrogens (tertiary/aromatic N) is 1. The Bertz CT molecular complexity index is 663. The Morgan fingerprint density at radius 1 is 1.14 bits per heavy atom. The summed E-state index contributed by atoms with van der Waals surface area (Å²) in [6, 6.07) is 8.12. The molecular formula is C14H11Cl2N3O2. The molecule has 0 bridgehead atoms. The first-order valence-electron chi connectivity index (χ1n) is 5.99. The van der Waals surface area contributed by atoms with Crippen molar-refractivity contribution in [3.8, 4) is 0 Å². The first-order valence-corrected chi connectivity index (χ1v) is 6.75. The van der Waals surface area contributed by atoms with E-state index in [0.717, 1.165) is 5.56 Å². The molecule has 0 aliphatic carbocycles. The standard InChI is InChI=1S/C14H11Cl2N3O2/c15-10-3-4-11(16)12(6-10)19-14(21)13(20)18-8-9-2-1-5-17-7-9/h1-7H,8H2,(H,18,20)(H,19,21). The molecule has 0 fully saturated rings. The summed E-state index contributed by atoms with van der Waals surface area (Å²) in [5, 5.41) is 5.60. The number of carbonyl (C=O) groups is 2. The lowest BCUT2D eigenvalue weighted by Gasteiger charge is -2.08. The third-order valence-electron chi connectivity index (χ3n) is 2.56. The van der Waals surface area contributed by atoms with Gasteiger partial charge in [0.2, 0.25) is 0 Å². The van der Waals surface area contributed by atoms with Crippen LogP contribution in [0.4, 0.5) is 5.69 Å².